The van der Waals surface area contributed by atoms with E-state index in [4.69, 9.17) is 5.10 Å². The molecule has 3 rings (SSSR count). The molecule has 1 atom stereocenters. The molecule has 0 bridgehead atoms. The molecule has 1 fully saturated rings. The smallest absolute Gasteiger partial charge is 0.239 e. The van der Waals surface area contributed by atoms with Gasteiger partial charge in [0, 0.05) is 24.6 Å². The Hall–Kier alpha value is -2.67. The molecule has 2 aromatic rings. The van der Waals surface area contributed by atoms with E-state index in [2.05, 4.69) is 36.3 Å². The average molecular weight is 412 g/mol. The van der Waals surface area contributed by atoms with Crippen LogP contribution in [0.15, 0.2) is 36.4 Å². The van der Waals surface area contributed by atoms with Crippen LogP contribution in [0.2, 0.25) is 0 Å². The highest BCUT2D eigenvalue weighted by atomic mass is 16.2. The quantitative estimate of drug-likeness (QED) is 0.766. The topological polar surface area (TPSA) is 79.3 Å². The van der Waals surface area contributed by atoms with Crippen molar-refractivity contribution < 1.29 is 9.59 Å². The molecule has 1 aliphatic heterocycles. The van der Waals surface area contributed by atoms with Gasteiger partial charge in [0.15, 0.2) is 0 Å². The van der Waals surface area contributed by atoms with Crippen molar-refractivity contribution in [2.45, 2.75) is 46.0 Å². The summed E-state index contributed by atoms with van der Waals surface area (Å²) in [6.45, 7) is 10.6. The molecule has 30 heavy (non-hydrogen) atoms. The van der Waals surface area contributed by atoms with Gasteiger partial charge in [0.1, 0.15) is 5.82 Å². The molecule has 162 valence electrons. The van der Waals surface area contributed by atoms with Crippen LogP contribution in [0, 0.1) is 5.92 Å². The van der Waals surface area contributed by atoms with Crippen molar-refractivity contribution in [3.05, 3.63) is 42.1 Å². The number of carbonyl (C=O) groups excluding carboxylic acids is 2. The zero-order valence-electron chi connectivity index (χ0n) is 18.4. The van der Waals surface area contributed by atoms with E-state index in [1.165, 1.54) is 0 Å². The van der Waals surface area contributed by atoms with Crippen molar-refractivity contribution in [3.63, 3.8) is 0 Å². The summed E-state index contributed by atoms with van der Waals surface area (Å²) in [6.07, 6.45) is 1.80. The number of nitrogens with zero attached hydrogens (tertiary/aromatic N) is 3. The predicted molar refractivity (Wildman–Crippen MR) is 119 cm³/mol. The molecule has 7 heteroatoms. The van der Waals surface area contributed by atoms with Gasteiger partial charge in [0.2, 0.25) is 11.8 Å². The van der Waals surface area contributed by atoms with Gasteiger partial charge in [0.05, 0.1) is 23.8 Å². The minimum Gasteiger partial charge on any atom is -0.356 e. The molecular formula is C23H33N5O2. The molecule has 1 aromatic carbocycles. The Morgan fingerprint density at radius 1 is 1.20 bits per heavy atom. The lowest BCUT2D eigenvalue weighted by Crippen LogP contribution is -2.45. The zero-order valence-corrected chi connectivity index (χ0v) is 18.4. The summed E-state index contributed by atoms with van der Waals surface area (Å²) >= 11 is 0. The summed E-state index contributed by atoms with van der Waals surface area (Å²) in [5, 5.41) is 10.7. The number of hydrogen-bond acceptors (Lipinski definition) is 4. The first-order chi connectivity index (χ1) is 14.3. The number of para-hydroxylation sites is 1. The molecule has 1 aromatic heterocycles. The minimum absolute atomic E-state index is 0.0474. The highest BCUT2D eigenvalue weighted by Crippen LogP contribution is 2.26. The summed E-state index contributed by atoms with van der Waals surface area (Å²) in [6, 6.07) is 11.7. The summed E-state index contributed by atoms with van der Waals surface area (Å²) in [5.74, 6) is 0.603. The lowest BCUT2D eigenvalue weighted by molar-refractivity contribution is -0.127. The molecule has 1 saturated heterocycles. The monoisotopic (exact) mass is 411 g/mol. The van der Waals surface area contributed by atoms with Crippen LogP contribution in [0.25, 0.3) is 5.69 Å². The third-order valence-corrected chi connectivity index (χ3v) is 5.34. The number of rotatable bonds is 6. The van der Waals surface area contributed by atoms with E-state index in [9.17, 15) is 9.59 Å². The molecular weight excluding hydrogens is 378 g/mol. The van der Waals surface area contributed by atoms with Crippen LogP contribution < -0.4 is 10.6 Å². The summed E-state index contributed by atoms with van der Waals surface area (Å²) in [7, 11) is 0. The highest BCUT2D eigenvalue weighted by molar-refractivity contribution is 5.92. The van der Waals surface area contributed by atoms with Gasteiger partial charge in [-0.15, -0.1) is 0 Å². The molecule has 2 N–H and O–H groups in total. The Kier molecular flexibility index (Phi) is 6.92. The highest BCUT2D eigenvalue weighted by Gasteiger charge is 2.27. The largest absolute Gasteiger partial charge is 0.356 e. The van der Waals surface area contributed by atoms with E-state index in [0.717, 1.165) is 30.8 Å². The second kappa shape index (κ2) is 9.43. The first kappa shape index (κ1) is 22.0. The van der Waals surface area contributed by atoms with E-state index in [1.807, 2.05) is 43.3 Å². The summed E-state index contributed by atoms with van der Waals surface area (Å²) in [4.78, 5) is 27.1. The van der Waals surface area contributed by atoms with Crippen molar-refractivity contribution in [3.8, 4) is 5.69 Å². The molecule has 2 amide bonds. The maximum absolute atomic E-state index is 12.8. The Morgan fingerprint density at radius 2 is 1.93 bits per heavy atom. The third kappa shape index (κ3) is 5.48. The van der Waals surface area contributed by atoms with Gasteiger partial charge in [-0.1, -0.05) is 39.0 Å². The number of likely N-dealkylation sites (tertiary alicyclic amines) is 1. The lowest BCUT2D eigenvalue weighted by Gasteiger charge is -2.31. The maximum atomic E-state index is 12.8. The molecule has 1 aliphatic rings. The minimum atomic E-state index is -0.133. The van der Waals surface area contributed by atoms with Gasteiger partial charge in [-0.3, -0.25) is 14.5 Å². The molecule has 2 heterocycles. The van der Waals surface area contributed by atoms with Gasteiger partial charge in [0.25, 0.3) is 0 Å². The van der Waals surface area contributed by atoms with Crippen molar-refractivity contribution in [2.75, 3.05) is 31.5 Å². The first-order valence-electron chi connectivity index (χ1n) is 10.7. The molecule has 0 radical (unpaired) electrons. The van der Waals surface area contributed by atoms with Crippen molar-refractivity contribution >= 4 is 17.6 Å². The number of nitrogens with one attached hydrogen (secondary N) is 2. The number of hydrogen-bond donors (Lipinski definition) is 2. The SMILES string of the molecule is CCNC(=O)[C@H]1CCCN(CC(=O)Nc2cc(C(C)(C)C)nn2-c2ccccc2)C1. The van der Waals surface area contributed by atoms with Crippen LogP contribution in [-0.2, 0) is 15.0 Å². The van der Waals surface area contributed by atoms with Crippen molar-refractivity contribution in [2.24, 2.45) is 5.92 Å². The van der Waals surface area contributed by atoms with Crippen LogP contribution in [0.4, 0.5) is 5.82 Å². The van der Waals surface area contributed by atoms with E-state index in [0.29, 0.717) is 18.9 Å². The van der Waals surface area contributed by atoms with Crippen LogP contribution in [-0.4, -0.2) is 52.7 Å². The van der Waals surface area contributed by atoms with Crippen LogP contribution in [0.5, 0.6) is 0 Å². The lowest BCUT2D eigenvalue weighted by atomic mass is 9.92. The second-order valence-electron chi connectivity index (χ2n) is 8.93. The van der Waals surface area contributed by atoms with Crippen LogP contribution >= 0.6 is 0 Å². The number of piperidine rings is 1. The number of amides is 2. The van der Waals surface area contributed by atoms with Crippen molar-refractivity contribution in [1.29, 1.82) is 0 Å². The molecule has 7 nitrogen and oxygen atoms in total. The Bertz CT molecular complexity index is 869. The van der Waals surface area contributed by atoms with E-state index in [1.54, 1.807) is 4.68 Å². The number of anilines is 1. The van der Waals surface area contributed by atoms with E-state index < -0.39 is 0 Å². The van der Waals surface area contributed by atoms with Gasteiger partial charge >= 0.3 is 0 Å². The standard InChI is InChI=1S/C23H33N5O2/c1-5-24-22(30)17-10-9-13-27(15-17)16-21(29)25-20-14-19(23(2,3)4)26-28(20)18-11-7-6-8-12-18/h6-8,11-12,14,17H,5,9-10,13,15-16H2,1-4H3,(H,24,30)(H,25,29)/t17-/m0/s1. The fraction of sp³-hybridized carbons (Fsp3) is 0.522. The maximum Gasteiger partial charge on any atom is 0.239 e. The second-order valence-corrected chi connectivity index (χ2v) is 8.93. The number of benzene rings is 1. The fourth-order valence-corrected chi connectivity index (χ4v) is 3.72. The summed E-state index contributed by atoms with van der Waals surface area (Å²) in [5.41, 5.74) is 1.68. The first-order valence-corrected chi connectivity index (χ1v) is 10.7. The van der Waals surface area contributed by atoms with Gasteiger partial charge in [-0.2, -0.15) is 5.10 Å². The third-order valence-electron chi connectivity index (χ3n) is 5.34. The number of aromatic nitrogens is 2. The van der Waals surface area contributed by atoms with Crippen molar-refractivity contribution in [1.82, 2.24) is 20.0 Å². The molecule has 0 aliphatic carbocycles. The molecule has 0 spiro atoms. The predicted octanol–water partition coefficient (Wildman–Crippen LogP) is 2.96. The summed E-state index contributed by atoms with van der Waals surface area (Å²) < 4.78 is 1.78. The molecule has 0 saturated carbocycles. The Morgan fingerprint density at radius 3 is 2.60 bits per heavy atom. The van der Waals surface area contributed by atoms with Crippen LogP contribution in [0.1, 0.15) is 46.2 Å². The van der Waals surface area contributed by atoms with Gasteiger partial charge in [-0.25, -0.2) is 4.68 Å². The van der Waals surface area contributed by atoms with Crippen LogP contribution in [0.3, 0.4) is 0 Å². The van der Waals surface area contributed by atoms with E-state index >= 15 is 0 Å². The zero-order chi connectivity index (χ0) is 21.7. The van der Waals surface area contributed by atoms with Gasteiger partial charge in [-0.05, 0) is 38.4 Å². The number of carbonyl (C=O) groups is 2. The Labute approximate surface area is 178 Å². The van der Waals surface area contributed by atoms with Gasteiger partial charge < -0.3 is 10.6 Å². The van der Waals surface area contributed by atoms with E-state index in [-0.39, 0.29) is 29.7 Å². The molecule has 0 unspecified atom stereocenters. The average Bonchev–Trinajstić information content (AvgIpc) is 3.13. The fourth-order valence-electron chi connectivity index (χ4n) is 3.72. The Balaban J connectivity index is 1.72. The normalized spacial score (nSPS) is 17.5.